The van der Waals surface area contributed by atoms with Gasteiger partial charge in [-0.3, -0.25) is 10.2 Å². The molecule has 0 aliphatic carbocycles. The zero-order chi connectivity index (χ0) is 23.8. The van der Waals surface area contributed by atoms with Crippen molar-refractivity contribution >= 4 is 50.7 Å². The highest BCUT2D eigenvalue weighted by Crippen LogP contribution is 2.33. The Bertz CT molecular complexity index is 1400. The minimum absolute atomic E-state index is 0.0226. The molecule has 34 heavy (non-hydrogen) atoms. The van der Waals surface area contributed by atoms with Gasteiger partial charge in [0.25, 0.3) is 5.91 Å². The van der Waals surface area contributed by atoms with Crippen LogP contribution in [-0.2, 0) is 11.3 Å². The van der Waals surface area contributed by atoms with Gasteiger partial charge in [-0.1, -0.05) is 50.2 Å². The van der Waals surface area contributed by atoms with Crippen molar-refractivity contribution in [2.24, 2.45) is 16.0 Å². The zero-order valence-electron chi connectivity index (χ0n) is 19.0. The molecule has 2 aliphatic rings. The standard InChI is InChI=1S/C26H24FN5OS/c1-3-16(4-2)25-30-32-23(28)20(24(33)29-26(32)34-25)13-18-15-31(22-12-8-6-10-19(18)22)14-17-9-5-7-11-21(17)27/h5-13,15-16,28H,3-4,14H2,1-2H3. The maximum absolute atomic E-state index is 14.3. The van der Waals surface area contributed by atoms with Crippen molar-refractivity contribution in [3.05, 3.63) is 77.2 Å². The number of rotatable bonds is 6. The smallest absolute Gasteiger partial charge is 0.283 e. The molecule has 0 atom stereocenters. The summed E-state index contributed by atoms with van der Waals surface area (Å²) in [5.74, 6) is -0.404. The average molecular weight is 474 g/mol. The van der Waals surface area contributed by atoms with Crippen LogP contribution in [0, 0.1) is 17.1 Å². The normalized spacial score (nSPS) is 17.1. The van der Waals surface area contributed by atoms with Crippen LogP contribution in [0.5, 0.6) is 0 Å². The molecule has 1 amide bonds. The van der Waals surface area contributed by atoms with Crippen LogP contribution in [0.3, 0.4) is 0 Å². The fourth-order valence-corrected chi connectivity index (χ4v) is 5.45. The molecule has 0 spiro atoms. The minimum atomic E-state index is -0.448. The van der Waals surface area contributed by atoms with E-state index in [1.807, 2.05) is 41.1 Å². The Labute approximate surface area is 201 Å². The molecule has 3 aromatic rings. The topological polar surface area (TPSA) is 73.8 Å². The highest BCUT2D eigenvalue weighted by molar-refractivity contribution is 8.27. The van der Waals surface area contributed by atoms with Gasteiger partial charge in [0.05, 0.1) is 12.1 Å². The largest absolute Gasteiger partial charge is 0.342 e. The van der Waals surface area contributed by atoms with Crippen molar-refractivity contribution in [3.8, 4) is 0 Å². The van der Waals surface area contributed by atoms with Crippen LogP contribution < -0.4 is 0 Å². The summed E-state index contributed by atoms with van der Waals surface area (Å²) in [6.07, 6.45) is 5.46. The minimum Gasteiger partial charge on any atom is -0.342 e. The van der Waals surface area contributed by atoms with Gasteiger partial charge in [0, 0.05) is 34.1 Å². The van der Waals surface area contributed by atoms with Gasteiger partial charge in [-0.15, -0.1) is 0 Å². The number of hydrazone groups is 1. The number of nitrogens with one attached hydrogen (secondary N) is 1. The van der Waals surface area contributed by atoms with E-state index in [0.29, 0.717) is 17.3 Å². The van der Waals surface area contributed by atoms with E-state index in [4.69, 9.17) is 5.41 Å². The SMILES string of the molecule is CCC(CC)C1=NN2C(=N)C(=Cc3cn(Cc4ccccc4F)c4ccccc34)C(=O)N=C2S1. The second-order valence-corrected chi connectivity index (χ2v) is 9.28. The van der Waals surface area contributed by atoms with Gasteiger partial charge in [0.2, 0.25) is 5.17 Å². The van der Waals surface area contributed by atoms with Gasteiger partial charge in [0.15, 0.2) is 5.84 Å². The van der Waals surface area contributed by atoms with E-state index in [-0.39, 0.29) is 23.1 Å². The molecule has 1 aromatic heterocycles. The van der Waals surface area contributed by atoms with E-state index in [1.54, 1.807) is 18.2 Å². The molecule has 5 rings (SSSR count). The van der Waals surface area contributed by atoms with Gasteiger partial charge in [0.1, 0.15) is 10.9 Å². The van der Waals surface area contributed by atoms with E-state index < -0.39 is 5.91 Å². The number of nitrogens with zero attached hydrogens (tertiary/aromatic N) is 4. The van der Waals surface area contributed by atoms with Crippen LogP contribution in [0.4, 0.5) is 4.39 Å². The van der Waals surface area contributed by atoms with Gasteiger partial charge in [-0.05, 0) is 42.8 Å². The second-order valence-electron chi connectivity index (χ2n) is 8.29. The van der Waals surface area contributed by atoms with E-state index in [9.17, 15) is 9.18 Å². The molecule has 2 aromatic carbocycles. The maximum atomic E-state index is 14.3. The molecule has 0 unspecified atom stereocenters. The number of amidine groups is 2. The lowest BCUT2D eigenvalue weighted by Gasteiger charge is -2.20. The molecule has 3 heterocycles. The number of carbonyl (C=O) groups excluding carboxylic acids is 1. The third-order valence-electron chi connectivity index (χ3n) is 6.22. The number of fused-ring (bicyclic) bond motifs is 2. The highest BCUT2D eigenvalue weighted by atomic mass is 32.2. The van der Waals surface area contributed by atoms with Crippen LogP contribution in [0.15, 0.2) is 70.4 Å². The molecule has 2 aliphatic heterocycles. The highest BCUT2D eigenvalue weighted by Gasteiger charge is 2.37. The third kappa shape index (κ3) is 3.88. The lowest BCUT2D eigenvalue weighted by atomic mass is 10.1. The summed E-state index contributed by atoms with van der Waals surface area (Å²) >= 11 is 1.37. The molecular weight excluding hydrogens is 449 g/mol. The number of amides is 1. The summed E-state index contributed by atoms with van der Waals surface area (Å²) < 4.78 is 16.2. The van der Waals surface area contributed by atoms with E-state index in [2.05, 4.69) is 23.9 Å². The Morgan fingerprint density at radius 1 is 1.12 bits per heavy atom. The van der Waals surface area contributed by atoms with Crippen LogP contribution in [0.2, 0.25) is 0 Å². The number of aliphatic imine (C=N–C) groups is 1. The monoisotopic (exact) mass is 473 g/mol. The lowest BCUT2D eigenvalue weighted by molar-refractivity contribution is -0.114. The predicted octanol–water partition coefficient (Wildman–Crippen LogP) is 5.88. The first kappa shape index (κ1) is 22.3. The summed E-state index contributed by atoms with van der Waals surface area (Å²) in [5.41, 5.74) is 2.46. The number of halogens is 1. The lowest BCUT2D eigenvalue weighted by Crippen LogP contribution is -2.35. The van der Waals surface area contributed by atoms with Crippen LogP contribution >= 0.6 is 11.8 Å². The van der Waals surface area contributed by atoms with Crippen LogP contribution in [-0.4, -0.2) is 31.5 Å². The first-order valence-electron chi connectivity index (χ1n) is 11.3. The van der Waals surface area contributed by atoms with Crippen molar-refractivity contribution in [2.75, 3.05) is 0 Å². The van der Waals surface area contributed by atoms with Crippen molar-refractivity contribution in [3.63, 3.8) is 0 Å². The third-order valence-corrected chi connectivity index (χ3v) is 7.29. The zero-order valence-corrected chi connectivity index (χ0v) is 19.8. The summed E-state index contributed by atoms with van der Waals surface area (Å²) in [4.78, 5) is 17.1. The van der Waals surface area contributed by atoms with E-state index in [0.717, 1.165) is 34.4 Å². The molecule has 0 saturated heterocycles. The molecule has 1 N–H and O–H groups in total. The van der Waals surface area contributed by atoms with Gasteiger partial charge in [-0.25, -0.2) is 4.39 Å². The fourth-order valence-electron chi connectivity index (χ4n) is 4.30. The fraction of sp³-hybridized carbons (Fsp3) is 0.231. The first-order valence-corrected chi connectivity index (χ1v) is 12.1. The number of hydrogen-bond acceptors (Lipinski definition) is 4. The van der Waals surface area contributed by atoms with Crippen molar-refractivity contribution in [2.45, 2.75) is 33.2 Å². The van der Waals surface area contributed by atoms with Gasteiger partial charge >= 0.3 is 0 Å². The van der Waals surface area contributed by atoms with E-state index >= 15 is 0 Å². The van der Waals surface area contributed by atoms with Gasteiger partial charge in [-0.2, -0.15) is 15.1 Å². The molecule has 0 bridgehead atoms. The maximum Gasteiger partial charge on any atom is 0.283 e. The number of benzene rings is 2. The average Bonchev–Trinajstić information content (AvgIpc) is 3.41. The number of thioether (sulfide) groups is 1. The summed E-state index contributed by atoms with van der Waals surface area (Å²) in [6.45, 7) is 4.57. The molecule has 8 heteroatoms. The Kier molecular flexibility index (Phi) is 5.91. The molecular formula is C26H24FN5OS. The number of hydrogen-bond donors (Lipinski definition) is 1. The Morgan fingerprint density at radius 2 is 1.85 bits per heavy atom. The summed E-state index contributed by atoms with van der Waals surface area (Å²) in [7, 11) is 0. The Balaban J connectivity index is 1.53. The van der Waals surface area contributed by atoms with Crippen molar-refractivity contribution in [1.82, 2.24) is 9.58 Å². The molecule has 0 fully saturated rings. The Morgan fingerprint density at radius 3 is 2.62 bits per heavy atom. The summed E-state index contributed by atoms with van der Waals surface area (Å²) in [6, 6.07) is 14.5. The van der Waals surface area contributed by atoms with Crippen LogP contribution in [0.25, 0.3) is 17.0 Å². The second kappa shape index (κ2) is 9.02. The first-order chi connectivity index (χ1) is 16.5. The molecule has 6 nitrogen and oxygen atoms in total. The molecule has 0 saturated carbocycles. The van der Waals surface area contributed by atoms with Gasteiger partial charge < -0.3 is 4.57 Å². The van der Waals surface area contributed by atoms with E-state index in [1.165, 1.54) is 22.8 Å². The number of para-hydroxylation sites is 1. The summed E-state index contributed by atoms with van der Waals surface area (Å²) in [5, 5.41) is 17.0. The Hall–Kier alpha value is -3.52. The van der Waals surface area contributed by atoms with Crippen LogP contribution in [0.1, 0.15) is 37.8 Å². The number of carbonyl (C=O) groups is 1. The quantitative estimate of drug-likeness (QED) is 0.454. The predicted molar refractivity (Wildman–Crippen MR) is 137 cm³/mol. The molecule has 172 valence electrons. The number of aromatic nitrogens is 1. The van der Waals surface area contributed by atoms with Crippen molar-refractivity contribution in [1.29, 1.82) is 5.41 Å². The van der Waals surface area contributed by atoms with Crippen molar-refractivity contribution < 1.29 is 9.18 Å². The molecule has 0 radical (unpaired) electrons.